The number of nitro benzene ring substituents is 1. The van der Waals surface area contributed by atoms with Crippen molar-refractivity contribution in [3.05, 3.63) is 64.2 Å². The molecule has 2 N–H and O–H groups in total. The summed E-state index contributed by atoms with van der Waals surface area (Å²) >= 11 is 0. The summed E-state index contributed by atoms with van der Waals surface area (Å²) in [6, 6.07) is 14.8. The summed E-state index contributed by atoms with van der Waals surface area (Å²) in [6.07, 6.45) is 0.848. The molecule has 0 bridgehead atoms. The summed E-state index contributed by atoms with van der Waals surface area (Å²) < 4.78 is 0. The van der Waals surface area contributed by atoms with E-state index in [1.807, 2.05) is 31.2 Å². The quantitative estimate of drug-likeness (QED) is 0.674. The molecule has 2 aromatic rings. The third-order valence-corrected chi connectivity index (χ3v) is 2.92. The first-order chi connectivity index (χ1) is 9.06. The Balaban J connectivity index is 2.19. The standard InChI is InChI=1S/C15H16N2O2/c1-11(16)10-12-2-4-13(5-3-12)14-6-8-15(9-7-14)17(18)19/h2-9,11H,10,16H2,1H3. The third kappa shape index (κ3) is 3.39. The number of rotatable bonds is 4. The van der Waals surface area contributed by atoms with Gasteiger partial charge in [-0.05, 0) is 42.2 Å². The molecule has 0 aliphatic heterocycles. The normalized spacial score (nSPS) is 12.1. The predicted molar refractivity (Wildman–Crippen MR) is 75.9 cm³/mol. The largest absolute Gasteiger partial charge is 0.328 e. The molecule has 19 heavy (non-hydrogen) atoms. The van der Waals surface area contributed by atoms with Gasteiger partial charge in [-0.15, -0.1) is 0 Å². The molecule has 0 spiro atoms. The zero-order valence-electron chi connectivity index (χ0n) is 10.7. The molecule has 0 amide bonds. The van der Waals surface area contributed by atoms with E-state index in [1.165, 1.54) is 17.7 Å². The maximum atomic E-state index is 10.6. The highest BCUT2D eigenvalue weighted by Crippen LogP contribution is 2.22. The van der Waals surface area contributed by atoms with Crippen LogP contribution in [-0.2, 0) is 6.42 Å². The lowest BCUT2D eigenvalue weighted by Gasteiger charge is -2.06. The number of benzene rings is 2. The smallest absolute Gasteiger partial charge is 0.269 e. The fraction of sp³-hybridized carbons (Fsp3) is 0.200. The highest BCUT2D eigenvalue weighted by atomic mass is 16.6. The molecule has 0 aliphatic carbocycles. The number of nitrogens with zero attached hydrogens (tertiary/aromatic N) is 1. The summed E-state index contributed by atoms with van der Waals surface area (Å²) in [5.41, 5.74) is 9.07. The van der Waals surface area contributed by atoms with Gasteiger partial charge in [-0.1, -0.05) is 24.3 Å². The van der Waals surface area contributed by atoms with Crippen LogP contribution in [0.1, 0.15) is 12.5 Å². The molecule has 0 saturated carbocycles. The van der Waals surface area contributed by atoms with Gasteiger partial charge in [-0.2, -0.15) is 0 Å². The lowest BCUT2D eigenvalue weighted by Crippen LogP contribution is -2.17. The first-order valence-electron chi connectivity index (χ1n) is 6.15. The second kappa shape index (κ2) is 5.63. The van der Waals surface area contributed by atoms with Crippen LogP contribution in [0.25, 0.3) is 11.1 Å². The molecule has 0 aromatic heterocycles. The van der Waals surface area contributed by atoms with Crippen molar-refractivity contribution in [2.24, 2.45) is 5.73 Å². The second-order valence-corrected chi connectivity index (χ2v) is 4.68. The Morgan fingerprint density at radius 1 is 1.05 bits per heavy atom. The molecule has 4 nitrogen and oxygen atoms in total. The van der Waals surface area contributed by atoms with E-state index >= 15 is 0 Å². The second-order valence-electron chi connectivity index (χ2n) is 4.68. The molecule has 2 aromatic carbocycles. The summed E-state index contributed by atoms with van der Waals surface area (Å²) in [6.45, 7) is 1.98. The minimum atomic E-state index is -0.393. The van der Waals surface area contributed by atoms with Gasteiger partial charge in [0.05, 0.1) is 4.92 Å². The van der Waals surface area contributed by atoms with Crippen LogP contribution in [-0.4, -0.2) is 11.0 Å². The molecule has 4 heteroatoms. The Hall–Kier alpha value is -2.20. The van der Waals surface area contributed by atoms with E-state index in [-0.39, 0.29) is 11.7 Å². The highest BCUT2D eigenvalue weighted by Gasteiger charge is 2.05. The molecule has 0 fully saturated rings. The van der Waals surface area contributed by atoms with E-state index in [1.54, 1.807) is 12.1 Å². The summed E-state index contributed by atoms with van der Waals surface area (Å²) in [5.74, 6) is 0. The van der Waals surface area contributed by atoms with Gasteiger partial charge in [-0.25, -0.2) is 0 Å². The van der Waals surface area contributed by atoms with Gasteiger partial charge < -0.3 is 5.73 Å². The van der Waals surface area contributed by atoms with Crippen molar-refractivity contribution in [2.75, 3.05) is 0 Å². The lowest BCUT2D eigenvalue weighted by atomic mass is 10.0. The van der Waals surface area contributed by atoms with Crippen molar-refractivity contribution in [2.45, 2.75) is 19.4 Å². The predicted octanol–water partition coefficient (Wildman–Crippen LogP) is 3.15. The Morgan fingerprint density at radius 3 is 1.95 bits per heavy atom. The molecule has 1 unspecified atom stereocenters. The zero-order valence-corrected chi connectivity index (χ0v) is 10.7. The van der Waals surface area contributed by atoms with E-state index in [9.17, 15) is 10.1 Å². The minimum Gasteiger partial charge on any atom is -0.328 e. The Kier molecular flexibility index (Phi) is 3.92. The molecular formula is C15H16N2O2. The highest BCUT2D eigenvalue weighted by molar-refractivity contribution is 5.65. The van der Waals surface area contributed by atoms with Gasteiger partial charge in [-0.3, -0.25) is 10.1 Å². The van der Waals surface area contributed by atoms with Gasteiger partial charge in [0.25, 0.3) is 5.69 Å². The Morgan fingerprint density at radius 2 is 1.53 bits per heavy atom. The number of hydrogen-bond acceptors (Lipinski definition) is 3. The number of nitrogens with two attached hydrogens (primary N) is 1. The van der Waals surface area contributed by atoms with E-state index in [0.717, 1.165) is 17.5 Å². The molecule has 2 rings (SSSR count). The fourth-order valence-corrected chi connectivity index (χ4v) is 1.98. The average Bonchev–Trinajstić information content (AvgIpc) is 2.39. The van der Waals surface area contributed by atoms with Crippen LogP contribution in [0.4, 0.5) is 5.69 Å². The van der Waals surface area contributed by atoms with E-state index in [2.05, 4.69) is 0 Å². The number of nitro groups is 1. The molecule has 1 atom stereocenters. The van der Waals surface area contributed by atoms with Gasteiger partial charge in [0.2, 0.25) is 0 Å². The third-order valence-electron chi connectivity index (χ3n) is 2.92. The summed E-state index contributed by atoms with van der Waals surface area (Å²) in [4.78, 5) is 10.2. The topological polar surface area (TPSA) is 69.2 Å². The monoisotopic (exact) mass is 256 g/mol. The van der Waals surface area contributed by atoms with Gasteiger partial charge in [0.15, 0.2) is 0 Å². The summed E-state index contributed by atoms with van der Waals surface area (Å²) in [5, 5.41) is 10.6. The van der Waals surface area contributed by atoms with Gasteiger partial charge in [0, 0.05) is 18.2 Å². The Bertz CT molecular complexity index is 560. The van der Waals surface area contributed by atoms with Crippen LogP contribution in [0, 0.1) is 10.1 Å². The molecule has 0 saturated heterocycles. The molecule has 98 valence electrons. The van der Waals surface area contributed by atoms with Gasteiger partial charge >= 0.3 is 0 Å². The van der Waals surface area contributed by atoms with Crippen molar-refractivity contribution < 1.29 is 4.92 Å². The molecular weight excluding hydrogens is 240 g/mol. The first-order valence-corrected chi connectivity index (χ1v) is 6.15. The molecule has 0 radical (unpaired) electrons. The fourth-order valence-electron chi connectivity index (χ4n) is 1.98. The van der Waals surface area contributed by atoms with Crippen LogP contribution < -0.4 is 5.73 Å². The van der Waals surface area contributed by atoms with Gasteiger partial charge in [0.1, 0.15) is 0 Å². The first kappa shape index (κ1) is 13.2. The van der Waals surface area contributed by atoms with Crippen molar-refractivity contribution >= 4 is 5.69 Å². The van der Waals surface area contributed by atoms with E-state index in [4.69, 9.17) is 5.73 Å². The van der Waals surface area contributed by atoms with Crippen LogP contribution >= 0.6 is 0 Å². The maximum absolute atomic E-state index is 10.6. The van der Waals surface area contributed by atoms with Crippen LogP contribution in [0.15, 0.2) is 48.5 Å². The number of non-ortho nitro benzene ring substituents is 1. The SMILES string of the molecule is CC(N)Cc1ccc(-c2ccc([N+](=O)[O-])cc2)cc1. The van der Waals surface area contributed by atoms with E-state index in [0.29, 0.717) is 0 Å². The molecule has 0 aliphatic rings. The van der Waals surface area contributed by atoms with Crippen LogP contribution in [0.5, 0.6) is 0 Å². The number of hydrogen-bond donors (Lipinski definition) is 1. The van der Waals surface area contributed by atoms with Crippen molar-refractivity contribution in [3.63, 3.8) is 0 Å². The lowest BCUT2D eigenvalue weighted by molar-refractivity contribution is -0.384. The van der Waals surface area contributed by atoms with Crippen LogP contribution in [0.3, 0.4) is 0 Å². The average molecular weight is 256 g/mol. The van der Waals surface area contributed by atoms with Crippen molar-refractivity contribution in [1.29, 1.82) is 0 Å². The van der Waals surface area contributed by atoms with Crippen molar-refractivity contribution in [1.82, 2.24) is 0 Å². The van der Waals surface area contributed by atoms with Crippen LogP contribution in [0.2, 0.25) is 0 Å². The summed E-state index contributed by atoms with van der Waals surface area (Å²) in [7, 11) is 0. The maximum Gasteiger partial charge on any atom is 0.269 e. The van der Waals surface area contributed by atoms with E-state index < -0.39 is 4.92 Å². The molecule has 0 heterocycles. The van der Waals surface area contributed by atoms with Crippen molar-refractivity contribution in [3.8, 4) is 11.1 Å². The zero-order chi connectivity index (χ0) is 13.8. The minimum absolute atomic E-state index is 0.109. The Labute approximate surface area is 112 Å².